The van der Waals surface area contributed by atoms with E-state index in [2.05, 4.69) is 10.4 Å². The topological polar surface area (TPSA) is 29.9 Å². The highest BCUT2D eigenvalue weighted by Crippen LogP contribution is 2.28. The first-order chi connectivity index (χ1) is 9.95. The number of rotatable bonds is 5. The van der Waals surface area contributed by atoms with Crippen molar-refractivity contribution in [3.63, 3.8) is 0 Å². The molecule has 1 unspecified atom stereocenters. The monoisotopic (exact) mass is 313 g/mol. The Morgan fingerprint density at radius 1 is 1.33 bits per heavy atom. The fourth-order valence-electron chi connectivity index (χ4n) is 2.46. The van der Waals surface area contributed by atoms with Crippen LogP contribution in [0.2, 0.25) is 5.02 Å². The summed E-state index contributed by atoms with van der Waals surface area (Å²) in [4.78, 5) is 0. The zero-order chi connectivity index (χ0) is 15.6. The maximum Gasteiger partial charge on any atom is 0.130 e. The predicted octanol–water partition coefficient (Wildman–Crippen LogP) is 3.55. The lowest BCUT2D eigenvalue weighted by Gasteiger charge is -2.20. The van der Waals surface area contributed by atoms with Crippen LogP contribution in [0.5, 0.6) is 0 Å². The molecule has 1 heterocycles. The van der Waals surface area contributed by atoms with Crippen molar-refractivity contribution >= 4 is 11.6 Å². The van der Waals surface area contributed by atoms with Gasteiger partial charge in [0.25, 0.3) is 0 Å². The summed E-state index contributed by atoms with van der Waals surface area (Å²) in [5.41, 5.74) is 1.50. The largest absolute Gasteiger partial charge is 0.310 e. The molecule has 0 aliphatic rings. The van der Waals surface area contributed by atoms with Crippen LogP contribution < -0.4 is 5.32 Å². The molecule has 0 amide bonds. The van der Waals surface area contributed by atoms with Crippen molar-refractivity contribution in [1.82, 2.24) is 15.1 Å². The van der Waals surface area contributed by atoms with E-state index in [1.54, 1.807) is 18.7 Å². The van der Waals surface area contributed by atoms with E-state index < -0.39 is 17.7 Å². The van der Waals surface area contributed by atoms with Crippen LogP contribution in [0.3, 0.4) is 0 Å². The molecule has 2 aromatic rings. The SMILES string of the molecule is CCNC(Cc1c(Cl)c(C)nn1C)c1c(F)cccc1F. The lowest BCUT2D eigenvalue weighted by atomic mass is 10.00. The van der Waals surface area contributed by atoms with Crippen molar-refractivity contribution < 1.29 is 8.78 Å². The second kappa shape index (κ2) is 6.54. The number of hydrogen-bond acceptors (Lipinski definition) is 2. The first kappa shape index (κ1) is 15.9. The van der Waals surface area contributed by atoms with Gasteiger partial charge in [0.15, 0.2) is 0 Å². The molecule has 1 N–H and O–H groups in total. The summed E-state index contributed by atoms with van der Waals surface area (Å²) < 4.78 is 29.6. The molecule has 6 heteroatoms. The van der Waals surface area contributed by atoms with Gasteiger partial charge in [0.1, 0.15) is 11.6 Å². The fraction of sp³-hybridized carbons (Fsp3) is 0.400. The van der Waals surface area contributed by atoms with E-state index in [-0.39, 0.29) is 5.56 Å². The molecule has 1 aromatic carbocycles. The Morgan fingerprint density at radius 2 is 1.95 bits per heavy atom. The molecule has 0 aliphatic carbocycles. The Hall–Kier alpha value is -1.46. The number of aromatic nitrogens is 2. The zero-order valence-corrected chi connectivity index (χ0v) is 13.0. The minimum absolute atomic E-state index is 0.0364. The quantitative estimate of drug-likeness (QED) is 0.915. The normalized spacial score (nSPS) is 12.7. The van der Waals surface area contributed by atoms with Gasteiger partial charge in [0.2, 0.25) is 0 Å². The highest BCUT2D eigenvalue weighted by molar-refractivity contribution is 6.31. The summed E-state index contributed by atoms with van der Waals surface area (Å²) in [7, 11) is 1.77. The number of aryl methyl sites for hydroxylation is 2. The summed E-state index contributed by atoms with van der Waals surface area (Å²) in [5, 5.41) is 7.88. The van der Waals surface area contributed by atoms with E-state index in [4.69, 9.17) is 11.6 Å². The van der Waals surface area contributed by atoms with Gasteiger partial charge in [-0.1, -0.05) is 24.6 Å². The number of hydrogen-bond donors (Lipinski definition) is 1. The Labute approximate surface area is 127 Å². The van der Waals surface area contributed by atoms with Crippen molar-refractivity contribution in [2.24, 2.45) is 7.05 Å². The van der Waals surface area contributed by atoms with Crippen molar-refractivity contribution in [2.45, 2.75) is 26.3 Å². The zero-order valence-electron chi connectivity index (χ0n) is 12.3. The van der Waals surface area contributed by atoms with Crippen LogP contribution in [0.4, 0.5) is 8.78 Å². The van der Waals surface area contributed by atoms with Crippen molar-refractivity contribution in [2.75, 3.05) is 6.54 Å². The molecule has 0 bridgehead atoms. The minimum Gasteiger partial charge on any atom is -0.310 e. The number of likely N-dealkylation sites (N-methyl/N-ethyl adjacent to an activating group) is 1. The van der Waals surface area contributed by atoms with Gasteiger partial charge in [-0.15, -0.1) is 0 Å². The molecule has 0 saturated heterocycles. The van der Waals surface area contributed by atoms with Crippen LogP contribution in [0.15, 0.2) is 18.2 Å². The number of nitrogens with zero attached hydrogens (tertiary/aromatic N) is 2. The number of nitrogens with one attached hydrogen (secondary N) is 1. The number of benzene rings is 1. The second-order valence-corrected chi connectivity index (χ2v) is 5.30. The van der Waals surface area contributed by atoms with Gasteiger partial charge in [-0.25, -0.2) is 8.78 Å². The first-order valence-corrected chi connectivity index (χ1v) is 7.18. The molecule has 0 fully saturated rings. The maximum absolute atomic E-state index is 14.0. The molecule has 2 rings (SSSR count). The maximum atomic E-state index is 14.0. The third kappa shape index (κ3) is 3.24. The minimum atomic E-state index is -0.559. The molecule has 1 aromatic heterocycles. The average molecular weight is 314 g/mol. The molecular formula is C15H18ClF2N3. The summed E-state index contributed by atoms with van der Waals surface area (Å²) >= 11 is 6.23. The van der Waals surface area contributed by atoms with E-state index in [0.29, 0.717) is 23.7 Å². The van der Waals surface area contributed by atoms with E-state index in [1.165, 1.54) is 18.2 Å². The van der Waals surface area contributed by atoms with E-state index in [9.17, 15) is 8.78 Å². The molecular weight excluding hydrogens is 296 g/mol. The third-order valence-electron chi connectivity index (χ3n) is 3.46. The Bertz CT molecular complexity index is 620. The Balaban J connectivity index is 2.40. The summed E-state index contributed by atoms with van der Waals surface area (Å²) in [6.07, 6.45) is 0.363. The van der Waals surface area contributed by atoms with Crippen molar-refractivity contribution in [3.8, 4) is 0 Å². The lowest BCUT2D eigenvalue weighted by Crippen LogP contribution is -2.26. The van der Waals surface area contributed by atoms with Crippen LogP contribution in [-0.2, 0) is 13.5 Å². The fourth-order valence-corrected chi connectivity index (χ4v) is 2.70. The van der Waals surface area contributed by atoms with Crippen LogP contribution in [0, 0.1) is 18.6 Å². The molecule has 0 spiro atoms. The van der Waals surface area contributed by atoms with Gasteiger partial charge in [0.05, 0.1) is 16.4 Å². The van der Waals surface area contributed by atoms with Gasteiger partial charge in [-0.3, -0.25) is 4.68 Å². The predicted molar refractivity (Wildman–Crippen MR) is 79.4 cm³/mol. The van der Waals surface area contributed by atoms with Crippen LogP contribution in [0.1, 0.15) is 29.9 Å². The first-order valence-electron chi connectivity index (χ1n) is 6.81. The average Bonchev–Trinajstić information content (AvgIpc) is 2.65. The number of halogens is 3. The molecule has 1 atom stereocenters. The third-order valence-corrected chi connectivity index (χ3v) is 3.95. The van der Waals surface area contributed by atoms with Gasteiger partial charge in [-0.2, -0.15) is 5.10 Å². The molecule has 0 radical (unpaired) electrons. The Morgan fingerprint density at radius 3 is 2.43 bits per heavy atom. The summed E-state index contributed by atoms with van der Waals surface area (Å²) in [6, 6.07) is 3.39. The highest BCUT2D eigenvalue weighted by atomic mass is 35.5. The van der Waals surface area contributed by atoms with Gasteiger partial charge < -0.3 is 5.32 Å². The van der Waals surface area contributed by atoms with Gasteiger partial charge in [0, 0.05) is 25.1 Å². The second-order valence-electron chi connectivity index (χ2n) is 4.92. The van der Waals surface area contributed by atoms with E-state index >= 15 is 0 Å². The summed E-state index contributed by atoms with van der Waals surface area (Å²) in [5.74, 6) is -1.12. The van der Waals surface area contributed by atoms with Crippen molar-refractivity contribution in [1.29, 1.82) is 0 Å². The van der Waals surface area contributed by atoms with Gasteiger partial charge in [-0.05, 0) is 25.6 Å². The van der Waals surface area contributed by atoms with Crippen LogP contribution in [0.25, 0.3) is 0 Å². The molecule has 21 heavy (non-hydrogen) atoms. The van der Waals surface area contributed by atoms with Crippen molar-refractivity contribution in [3.05, 3.63) is 51.8 Å². The highest BCUT2D eigenvalue weighted by Gasteiger charge is 2.23. The van der Waals surface area contributed by atoms with Gasteiger partial charge >= 0.3 is 0 Å². The Kier molecular flexibility index (Phi) is 4.96. The summed E-state index contributed by atoms with van der Waals surface area (Å²) in [6.45, 7) is 4.28. The van der Waals surface area contributed by atoms with E-state index in [0.717, 1.165) is 5.69 Å². The molecule has 0 saturated carbocycles. The lowest BCUT2D eigenvalue weighted by molar-refractivity contribution is 0.464. The van der Waals surface area contributed by atoms with Crippen LogP contribution in [-0.4, -0.2) is 16.3 Å². The smallest absolute Gasteiger partial charge is 0.130 e. The standard InChI is InChI=1S/C15H18ClF2N3/c1-4-19-12(14-10(17)6-5-7-11(14)18)8-13-15(16)9(2)20-21(13)3/h5-7,12,19H,4,8H2,1-3H3. The van der Waals surface area contributed by atoms with E-state index in [1.807, 2.05) is 6.92 Å². The molecule has 3 nitrogen and oxygen atoms in total. The molecule has 114 valence electrons. The molecule has 0 aliphatic heterocycles. The van der Waals surface area contributed by atoms with Crippen LogP contribution >= 0.6 is 11.6 Å².